The molecule has 1 aliphatic rings. The maximum atomic E-state index is 5.91. The zero-order chi connectivity index (χ0) is 16.1. The first-order valence-corrected chi connectivity index (χ1v) is 7.65. The van der Waals surface area contributed by atoms with Gasteiger partial charge in [-0.05, 0) is 23.8 Å². The molecule has 24 heavy (non-hydrogen) atoms. The molecular formula is C16H18ClIN4O2. The Morgan fingerprint density at radius 1 is 1.21 bits per heavy atom. The molecule has 0 saturated carbocycles. The number of aromatic nitrogens is 1. The van der Waals surface area contributed by atoms with Gasteiger partial charge in [0.2, 0.25) is 0 Å². The van der Waals surface area contributed by atoms with Crippen molar-refractivity contribution in [3.05, 3.63) is 47.2 Å². The minimum Gasteiger partial charge on any atom is -0.490 e. The Labute approximate surface area is 162 Å². The number of halogens is 2. The number of hydrogen-bond donors (Lipinski definition) is 2. The summed E-state index contributed by atoms with van der Waals surface area (Å²) < 4.78 is 11.2. The number of nitrogens with zero attached hydrogens (tertiary/aromatic N) is 2. The second-order valence-electron chi connectivity index (χ2n) is 5.03. The zero-order valence-electron chi connectivity index (χ0n) is 12.9. The van der Waals surface area contributed by atoms with Gasteiger partial charge in [-0.15, -0.1) is 24.0 Å². The number of anilines is 1. The monoisotopic (exact) mass is 460 g/mol. The second-order valence-corrected chi connectivity index (χ2v) is 5.41. The van der Waals surface area contributed by atoms with Gasteiger partial charge in [0.15, 0.2) is 17.5 Å². The van der Waals surface area contributed by atoms with E-state index in [9.17, 15) is 0 Å². The number of fused-ring (bicyclic) bond motifs is 1. The maximum Gasteiger partial charge on any atom is 0.193 e. The summed E-state index contributed by atoms with van der Waals surface area (Å²) in [5, 5.41) is 3.49. The van der Waals surface area contributed by atoms with Crippen LogP contribution in [0, 0.1) is 0 Å². The predicted molar refractivity (Wildman–Crippen MR) is 106 cm³/mol. The van der Waals surface area contributed by atoms with Crippen LogP contribution >= 0.6 is 35.6 Å². The Balaban J connectivity index is 0.00000208. The summed E-state index contributed by atoms with van der Waals surface area (Å²) in [6.45, 7) is 1.73. The van der Waals surface area contributed by atoms with Crippen LogP contribution in [0.25, 0.3) is 0 Å². The molecule has 0 atom stereocenters. The smallest absolute Gasteiger partial charge is 0.193 e. The number of hydrogen-bond acceptors (Lipinski definition) is 4. The van der Waals surface area contributed by atoms with Gasteiger partial charge in [-0.2, -0.15) is 0 Å². The summed E-state index contributed by atoms with van der Waals surface area (Å²) >= 11 is 5.75. The van der Waals surface area contributed by atoms with Crippen LogP contribution in [0.15, 0.2) is 41.5 Å². The average Bonchev–Trinajstić information content (AvgIpc) is 2.79. The van der Waals surface area contributed by atoms with E-state index in [2.05, 4.69) is 15.3 Å². The average molecular weight is 461 g/mol. The van der Waals surface area contributed by atoms with Gasteiger partial charge in [-0.25, -0.2) is 9.98 Å². The lowest BCUT2D eigenvalue weighted by Crippen LogP contribution is -2.22. The first-order chi connectivity index (χ1) is 11.2. The third-order valence-electron chi connectivity index (χ3n) is 3.24. The number of benzene rings is 1. The first kappa shape index (κ1) is 18.6. The molecule has 2 aromatic rings. The summed E-state index contributed by atoms with van der Waals surface area (Å²) in [7, 11) is 0. The number of pyridine rings is 1. The van der Waals surface area contributed by atoms with E-state index in [-0.39, 0.29) is 24.0 Å². The Kier molecular flexibility index (Phi) is 6.92. The van der Waals surface area contributed by atoms with Crippen LogP contribution < -0.4 is 20.5 Å². The highest BCUT2D eigenvalue weighted by Crippen LogP contribution is 2.32. The third kappa shape index (κ3) is 5.13. The van der Waals surface area contributed by atoms with Crippen molar-refractivity contribution in [2.75, 3.05) is 18.5 Å². The SMILES string of the molecule is I.NC(=NCc1ccc(Cl)nc1)Nc1ccc2c(c1)OCCCO2. The van der Waals surface area contributed by atoms with Crippen molar-refractivity contribution in [2.24, 2.45) is 10.7 Å². The number of nitrogens with one attached hydrogen (secondary N) is 1. The molecule has 0 fully saturated rings. The van der Waals surface area contributed by atoms with Crippen LogP contribution in [-0.4, -0.2) is 24.2 Å². The van der Waals surface area contributed by atoms with Crippen molar-refractivity contribution >= 4 is 47.2 Å². The van der Waals surface area contributed by atoms with Crippen molar-refractivity contribution in [3.63, 3.8) is 0 Å². The van der Waals surface area contributed by atoms with E-state index in [1.165, 1.54) is 0 Å². The number of guanidine groups is 1. The van der Waals surface area contributed by atoms with Crippen molar-refractivity contribution in [3.8, 4) is 11.5 Å². The molecule has 1 aliphatic heterocycles. The normalized spacial score (nSPS) is 13.6. The van der Waals surface area contributed by atoms with Crippen molar-refractivity contribution in [1.82, 2.24) is 4.98 Å². The van der Waals surface area contributed by atoms with Crippen LogP contribution in [0.4, 0.5) is 5.69 Å². The van der Waals surface area contributed by atoms with E-state index in [1.807, 2.05) is 24.3 Å². The molecule has 0 aliphatic carbocycles. The number of rotatable bonds is 3. The van der Waals surface area contributed by atoms with Crippen molar-refractivity contribution < 1.29 is 9.47 Å². The molecule has 0 spiro atoms. The molecule has 3 N–H and O–H groups in total. The maximum absolute atomic E-state index is 5.91. The van der Waals surface area contributed by atoms with Gasteiger partial charge in [0.05, 0.1) is 19.8 Å². The summed E-state index contributed by atoms with van der Waals surface area (Å²) in [6, 6.07) is 9.17. The molecular weight excluding hydrogens is 443 g/mol. The molecule has 6 nitrogen and oxygen atoms in total. The van der Waals surface area contributed by atoms with Crippen LogP contribution in [0.3, 0.4) is 0 Å². The lowest BCUT2D eigenvalue weighted by Gasteiger charge is -2.10. The minimum atomic E-state index is 0. The molecule has 1 aromatic heterocycles. The van der Waals surface area contributed by atoms with Gasteiger partial charge in [0.1, 0.15) is 5.15 Å². The first-order valence-electron chi connectivity index (χ1n) is 7.28. The molecule has 128 valence electrons. The summed E-state index contributed by atoms with van der Waals surface area (Å²) in [4.78, 5) is 8.28. The Bertz CT molecular complexity index is 710. The highest BCUT2D eigenvalue weighted by atomic mass is 127. The van der Waals surface area contributed by atoms with Crippen molar-refractivity contribution in [1.29, 1.82) is 0 Å². The fraction of sp³-hybridized carbons (Fsp3) is 0.250. The molecule has 0 radical (unpaired) electrons. The lowest BCUT2D eigenvalue weighted by atomic mass is 10.2. The van der Waals surface area contributed by atoms with Crippen LogP contribution in [0.2, 0.25) is 5.15 Å². The predicted octanol–water partition coefficient (Wildman–Crippen LogP) is 3.44. The van der Waals surface area contributed by atoms with Crippen LogP contribution in [0.1, 0.15) is 12.0 Å². The number of nitrogens with two attached hydrogens (primary N) is 1. The fourth-order valence-electron chi connectivity index (χ4n) is 2.10. The Hall–Kier alpha value is -1.74. The molecule has 0 bridgehead atoms. The molecule has 2 heterocycles. The molecule has 0 amide bonds. The van der Waals surface area contributed by atoms with Gasteiger partial charge in [-0.1, -0.05) is 17.7 Å². The van der Waals surface area contributed by atoms with Crippen molar-refractivity contribution in [2.45, 2.75) is 13.0 Å². The van der Waals surface area contributed by atoms with E-state index in [0.717, 1.165) is 23.4 Å². The molecule has 0 unspecified atom stereocenters. The molecule has 1 aromatic carbocycles. The van der Waals surface area contributed by atoms with E-state index in [1.54, 1.807) is 12.3 Å². The topological polar surface area (TPSA) is 81.8 Å². The highest BCUT2D eigenvalue weighted by molar-refractivity contribution is 14.0. The summed E-state index contributed by atoms with van der Waals surface area (Å²) in [5.74, 6) is 1.77. The standard InChI is InChI=1S/C16H17ClN4O2.HI/c17-15-5-2-11(9-19-15)10-20-16(18)21-12-3-4-13-14(8-12)23-7-1-6-22-13;/h2-5,8-9H,1,6-7,10H2,(H3,18,20,21);1H. The van der Waals surface area contributed by atoms with E-state index in [0.29, 0.717) is 36.6 Å². The molecule has 0 saturated heterocycles. The number of aliphatic imine (C=N–C) groups is 1. The van der Waals surface area contributed by atoms with Gasteiger partial charge < -0.3 is 20.5 Å². The fourth-order valence-corrected chi connectivity index (χ4v) is 2.22. The van der Waals surface area contributed by atoms with Gasteiger partial charge in [0, 0.05) is 24.4 Å². The van der Waals surface area contributed by atoms with Crippen LogP contribution in [0.5, 0.6) is 11.5 Å². The molecule has 8 heteroatoms. The quantitative estimate of drug-likeness (QED) is 0.317. The minimum absolute atomic E-state index is 0. The lowest BCUT2D eigenvalue weighted by molar-refractivity contribution is 0.297. The largest absolute Gasteiger partial charge is 0.490 e. The van der Waals surface area contributed by atoms with E-state index >= 15 is 0 Å². The molecule has 3 rings (SSSR count). The third-order valence-corrected chi connectivity index (χ3v) is 3.46. The van der Waals surface area contributed by atoms with E-state index in [4.69, 9.17) is 26.8 Å². The number of ether oxygens (including phenoxy) is 2. The summed E-state index contributed by atoms with van der Waals surface area (Å²) in [6.07, 6.45) is 2.54. The van der Waals surface area contributed by atoms with Crippen LogP contribution in [-0.2, 0) is 6.54 Å². The van der Waals surface area contributed by atoms with Gasteiger partial charge in [0.25, 0.3) is 0 Å². The zero-order valence-corrected chi connectivity index (χ0v) is 16.0. The Morgan fingerprint density at radius 2 is 2.00 bits per heavy atom. The van der Waals surface area contributed by atoms with E-state index < -0.39 is 0 Å². The second kappa shape index (κ2) is 8.93. The Morgan fingerprint density at radius 3 is 2.75 bits per heavy atom. The van der Waals surface area contributed by atoms with Gasteiger partial charge >= 0.3 is 0 Å². The van der Waals surface area contributed by atoms with Gasteiger partial charge in [-0.3, -0.25) is 0 Å². The summed E-state index contributed by atoms with van der Waals surface area (Å²) in [5.41, 5.74) is 7.64. The highest BCUT2D eigenvalue weighted by Gasteiger charge is 2.10.